The molecule has 3 nitrogen and oxygen atoms in total. The molecule has 2 heterocycles. The van der Waals surface area contributed by atoms with E-state index >= 15 is 0 Å². The van der Waals surface area contributed by atoms with Gasteiger partial charge < -0.3 is 4.98 Å². The minimum absolute atomic E-state index is 0.0589. The lowest BCUT2D eigenvalue weighted by atomic mass is 10.1. The van der Waals surface area contributed by atoms with Gasteiger partial charge in [0, 0.05) is 22.5 Å². The molecular weight excluding hydrogens is 232 g/mol. The van der Waals surface area contributed by atoms with Crippen molar-refractivity contribution in [3.8, 4) is 0 Å². The summed E-state index contributed by atoms with van der Waals surface area (Å²) >= 11 is 1.56. The molecule has 2 aromatic heterocycles. The highest BCUT2D eigenvalue weighted by Crippen LogP contribution is 2.27. The molecule has 0 aliphatic rings. The maximum Gasteiger partial charge on any atom is 0.256 e. The number of nitrogens with one attached hydrogen (secondary N) is 1. The van der Waals surface area contributed by atoms with Crippen molar-refractivity contribution in [1.29, 1.82) is 0 Å². The molecule has 0 atom stereocenters. The maximum absolute atomic E-state index is 12.0. The monoisotopic (exact) mass is 242 g/mol. The third-order valence-electron chi connectivity index (χ3n) is 2.80. The van der Waals surface area contributed by atoms with Gasteiger partial charge in [-0.25, -0.2) is 4.98 Å². The molecule has 3 rings (SSSR count). The molecule has 0 saturated heterocycles. The number of thioether (sulfide) groups is 1. The van der Waals surface area contributed by atoms with Crippen LogP contribution in [0.1, 0.15) is 0 Å². The van der Waals surface area contributed by atoms with E-state index < -0.39 is 0 Å². The van der Waals surface area contributed by atoms with Gasteiger partial charge in [0.25, 0.3) is 5.56 Å². The van der Waals surface area contributed by atoms with Crippen molar-refractivity contribution in [3.63, 3.8) is 0 Å². The second kappa shape index (κ2) is 3.89. The van der Waals surface area contributed by atoms with Crippen molar-refractivity contribution < 1.29 is 0 Å². The molecule has 0 aliphatic carbocycles. The number of benzene rings is 1. The Morgan fingerprint density at radius 1 is 1.18 bits per heavy atom. The lowest BCUT2D eigenvalue weighted by molar-refractivity contribution is 1.18. The number of aromatic nitrogens is 2. The van der Waals surface area contributed by atoms with Crippen LogP contribution in [0.3, 0.4) is 0 Å². The number of para-hydroxylation sites is 1. The molecule has 3 aromatic rings. The van der Waals surface area contributed by atoms with Crippen LogP contribution in [0.4, 0.5) is 0 Å². The van der Waals surface area contributed by atoms with Crippen LogP contribution in [-0.4, -0.2) is 16.2 Å². The van der Waals surface area contributed by atoms with Gasteiger partial charge in [-0.2, -0.15) is 0 Å². The SMILES string of the molecule is CSc1nccc2c(=O)[nH]c3ccccc3c12. The van der Waals surface area contributed by atoms with Crippen molar-refractivity contribution in [1.82, 2.24) is 9.97 Å². The van der Waals surface area contributed by atoms with Crippen molar-refractivity contribution >= 4 is 33.4 Å². The van der Waals surface area contributed by atoms with Crippen LogP contribution in [0, 0.1) is 0 Å². The average molecular weight is 242 g/mol. The molecule has 0 radical (unpaired) electrons. The molecule has 0 spiro atoms. The summed E-state index contributed by atoms with van der Waals surface area (Å²) in [5.41, 5.74) is 0.796. The van der Waals surface area contributed by atoms with E-state index in [1.165, 1.54) is 0 Å². The second-order valence-electron chi connectivity index (χ2n) is 3.74. The Morgan fingerprint density at radius 3 is 2.82 bits per heavy atom. The fourth-order valence-corrected chi connectivity index (χ4v) is 2.64. The van der Waals surface area contributed by atoms with Gasteiger partial charge in [-0.05, 0) is 18.4 Å². The molecule has 0 unspecified atom stereocenters. The number of hydrogen-bond acceptors (Lipinski definition) is 3. The van der Waals surface area contributed by atoms with Crippen LogP contribution >= 0.6 is 11.8 Å². The number of hydrogen-bond donors (Lipinski definition) is 1. The molecule has 0 fully saturated rings. The van der Waals surface area contributed by atoms with Crippen molar-refractivity contribution in [3.05, 3.63) is 46.9 Å². The molecule has 4 heteroatoms. The number of fused-ring (bicyclic) bond motifs is 3. The van der Waals surface area contributed by atoms with E-state index in [0.29, 0.717) is 5.39 Å². The van der Waals surface area contributed by atoms with Gasteiger partial charge in [0.05, 0.1) is 5.39 Å². The molecule has 0 amide bonds. The summed E-state index contributed by atoms with van der Waals surface area (Å²) in [6.45, 7) is 0. The van der Waals surface area contributed by atoms with Crippen LogP contribution in [0.25, 0.3) is 21.7 Å². The van der Waals surface area contributed by atoms with E-state index in [-0.39, 0.29) is 5.56 Å². The highest BCUT2D eigenvalue weighted by molar-refractivity contribution is 7.98. The minimum Gasteiger partial charge on any atom is -0.321 e. The zero-order chi connectivity index (χ0) is 11.8. The number of nitrogens with zero attached hydrogens (tertiary/aromatic N) is 1. The molecule has 1 N–H and O–H groups in total. The summed E-state index contributed by atoms with van der Waals surface area (Å²) in [4.78, 5) is 19.2. The first-order valence-corrected chi connectivity index (χ1v) is 6.47. The van der Waals surface area contributed by atoms with Crippen molar-refractivity contribution in [2.24, 2.45) is 0 Å². The summed E-state index contributed by atoms with van der Waals surface area (Å²) in [6, 6.07) is 9.57. The van der Waals surface area contributed by atoms with E-state index in [1.54, 1.807) is 24.0 Å². The molecule has 0 bridgehead atoms. The Morgan fingerprint density at radius 2 is 2.00 bits per heavy atom. The zero-order valence-corrected chi connectivity index (χ0v) is 10.0. The largest absolute Gasteiger partial charge is 0.321 e. The van der Waals surface area contributed by atoms with Gasteiger partial charge in [0.1, 0.15) is 5.03 Å². The predicted octanol–water partition coefficient (Wildman–Crippen LogP) is 2.80. The molecule has 17 heavy (non-hydrogen) atoms. The molecule has 0 aliphatic heterocycles. The smallest absolute Gasteiger partial charge is 0.256 e. The average Bonchev–Trinajstić information content (AvgIpc) is 2.38. The lowest BCUT2D eigenvalue weighted by Gasteiger charge is -2.06. The fraction of sp³-hybridized carbons (Fsp3) is 0.0769. The Bertz CT molecular complexity index is 764. The minimum atomic E-state index is -0.0589. The molecule has 0 saturated carbocycles. The summed E-state index contributed by atoms with van der Waals surface area (Å²) in [6.07, 6.45) is 3.65. The second-order valence-corrected chi connectivity index (χ2v) is 4.54. The van der Waals surface area contributed by atoms with Gasteiger partial charge in [0.2, 0.25) is 0 Å². The van der Waals surface area contributed by atoms with Gasteiger partial charge >= 0.3 is 0 Å². The van der Waals surface area contributed by atoms with Gasteiger partial charge in [0.15, 0.2) is 0 Å². The first-order chi connectivity index (χ1) is 8.31. The number of rotatable bonds is 1. The van der Waals surface area contributed by atoms with Crippen LogP contribution in [0.15, 0.2) is 46.3 Å². The highest BCUT2D eigenvalue weighted by Gasteiger charge is 2.08. The highest BCUT2D eigenvalue weighted by atomic mass is 32.2. The lowest BCUT2D eigenvalue weighted by Crippen LogP contribution is -2.07. The van der Waals surface area contributed by atoms with E-state index in [0.717, 1.165) is 21.3 Å². The standard InChI is InChI=1S/C13H10N2OS/c1-17-13-11-8-4-2-3-5-10(8)15-12(16)9(11)6-7-14-13/h2-7H,1H3,(H,15,16). The Kier molecular flexibility index (Phi) is 2.37. The third kappa shape index (κ3) is 1.52. The first kappa shape index (κ1) is 10.4. The van der Waals surface area contributed by atoms with Gasteiger partial charge in [-0.15, -0.1) is 11.8 Å². The Labute approximate surface area is 102 Å². The van der Waals surface area contributed by atoms with E-state index in [9.17, 15) is 4.79 Å². The quantitative estimate of drug-likeness (QED) is 0.527. The summed E-state index contributed by atoms with van der Waals surface area (Å²) in [7, 11) is 0. The van der Waals surface area contributed by atoms with E-state index in [2.05, 4.69) is 9.97 Å². The van der Waals surface area contributed by atoms with E-state index in [1.807, 2.05) is 30.5 Å². The van der Waals surface area contributed by atoms with Crippen LogP contribution in [-0.2, 0) is 0 Å². The normalized spacial score (nSPS) is 11.1. The molecule has 84 valence electrons. The van der Waals surface area contributed by atoms with Crippen LogP contribution in [0.2, 0.25) is 0 Å². The van der Waals surface area contributed by atoms with Crippen molar-refractivity contribution in [2.75, 3.05) is 6.26 Å². The number of H-pyrrole nitrogens is 1. The third-order valence-corrected chi connectivity index (χ3v) is 3.50. The van der Waals surface area contributed by atoms with Crippen LogP contribution < -0.4 is 5.56 Å². The van der Waals surface area contributed by atoms with Crippen LogP contribution in [0.5, 0.6) is 0 Å². The summed E-state index contributed by atoms with van der Waals surface area (Å²) < 4.78 is 0. The fourth-order valence-electron chi connectivity index (χ4n) is 2.05. The summed E-state index contributed by atoms with van der Waals surface area (Å²) in [5, 5.41) is 3.58. The zero-order valence-electron chi connectivity index (χ0n) is 9.23. The number of aromatic amines is 1. The van der Waals surface area contributed by atoms with Gasteiger partial charge in [-0.1, -0.05) is 18.2 Å². The first-order valence-electron chi connectivity index (χ1n) is 5.25. The topological polar surface area (TPSA) is 45.8 Å². The summed E-state index contributed by atoms with van der Waals surface area (Å²) in [5.74, 6) is 0. The Balaban J connectivity index is 2.67. The van der Waals surface area contributed by atoms with Crippen molar-refractivity contribution in [2.45, 2.75) is 5.03 Å². The van der Waals surface area contributed by atoms with E-state index in [4.69, 9.17) is 0 Å². The van der Waals surface area contributed by atoms with Gasteiger partial charge in [-0.3, -0.25) is 4.79 Å². The predicted molar refractivity (Wildman–Crippen MR) is 71.7 cm³/mol. The maximum atomic E-state index is 12.0. The number of pyridine rings is 2. The molecular formula is C13H10N2OS. The Hall–Kier alpha value is -1.81. The molecule has 1 aromatic carbocycles.